The van der Waals surface area contributed by atoms with Gasteiger partial charge in [-0.2, -0.15) is 4.98 Å². The van der Waals surface area contributed by atoms with Gasteiger partial charge in [-0.15, -0.1) is 0 Å². The summed E-state index contributed by atoms with van der Waals surface area (Å²) in [5.41, 5.74) is 0. The van der Waals surface area contributed by atoms with Crippen LogP contribution in [-0.2, 0) is 0 Å². The molecule has 0 radical (unpaired) electrons. The van der Waals surface area contributed by atoms with E-state index in [-0.39, 0.29) is 16.3 Å². The summed E-state index contributed by atoms with van der Waals surface area (Å²) in [6.07, 6.45) is 0. The van der Waals surface area contributed by atoms with Crippen LogP contribution in [-0.4, -0.2) is 10.2 Å². The third kappa shape index (κ3) is 1.42. The number of aromatic nitrogens is 1. The second-order valence-corrected chi connectivity index (χ2v) is 2.40. The zero-order valence-corrected chi connectivity index (χ0v) is 6.67. The molecule has 10 heavy (non-hydrogen) atoms. The van der Waals surface area contributed by atoms with Gasteiger partial charge in [-0.3, -0.25) is 4.79 Å². The van der Waals surface area contributed by atoms with Gasteiger partial charge in [0.2, 0.25) is 5.22 Å². The van der Waals surface area contributed by atoms with Crippen LogP contribution in [0.4, 0.5) is 0 Å². The van der Waals surface area contributed by atoms with Gasteiger partial charge in [0, 0.05) is 0 Å². The highest BCUT2D eigenvalue weighted by Gasteiger charge is 2.13. The predicted octanol–water partition coefficient (Wildman–Crippen LogP) is 2.36. The van der Waals surface area contributed by atoms with E-state index in [1.165, 1.54) is 0 Å². The lowest BCUT2D eigenvalue weighted by molar-refractivity contribution is 0.105. The summed E-state index contributed by atoms with van der Waals surface area (Å²) in [5.74, 6) is -0.295. The second kappa shape index (κ2) is 2.78. The van der Waals surface area contributed by atoms with E-state index in [0.29, 0.717) is 0 Å². The minimum absolute atomic E-state index is 0.0642. The monoisotopic (exact) mass is 199 g/mol. The molecule has 0 fully saturated rings. The van der Waals surface area contributed by atoms with E-state index in [9.17, 15) is 4.79 Å². The summed E-state index contributed by atoms with van der Waals surface area (Å²) >= 11 is 15.6. The highest BCUT2D eigenvalue weighted by Crippen LogP contribution is 2.22. The van der Waals surface area contributed by atoms with Crippen molar-refractivity contribution in [1.82, 2.24) is 4.98 Å². The van der Waals surface area contributed by atoms with E-state index in [0.717, 1.165) is 0 Å². The molecule has 54 valence electrons. The van der Waals surface area contributed by atoms with Crippen LogP contribution in [0, 0.1) is 0 Å². The molecular formula is C4Cl3NO2. The number of halogens is 3. The number of carbonyl (C=O) groups is 1. The molecule has 0 N–H and O–H groups in total. The summed E-state index contributed by atoms with van der Waals surface area (Å²) in [5, 5.41) is -1.02. The standard InChI is InChI=1S/C4Cl3NO2/c5-1-3(7)10-4(8-1)2(6)9. The molecule has 3 nitrogen and oxygen atoms in total. The first-order valence-corrected chi connectivity index (χ1v) is 3.26. The van der Waals surface area contributed by atoms with E-state index in [1.807, 2.05) is 0 Å². The van der Waals surface area contributed by atoms with Gasteiger partial charge in [0.1, 0.15) is 0 Å². The molecule has 0 saturated carbocycles. The maximum atomic E-state index is 10.3. The van der Waals surface area contributed by atoms with Crippen molar-refractivity contribution < 1.29 is 9.21 Å². The van der Waals surface area contributed by atoms with Crippen LogP contribution in [0.25, 0.3) is 0 Å². The zero-order chi connectivity index (χ0) is 7.72. The fraction of sp³-hybridized carbons (Fsp3) is 0. The Morgan fingerprint density at radius 2 is 2.10 bits per heavy atom. The van der Waals surface area contributed by atoms with Crippen LogP contribution in [0.5, 0.6) is 0 Å². The molecule has 0 aliphatic rings. The average Bonchev–Trinajstić information content (AvgIpc) is 2.13. The Balaban J connectivity index is 3.10. The summed E-state index contributed by atoms with van der Waals surface area (Å²) < 4.78 is 4.52. The minimum Gasteiger partial charge on any atom is -0.419 e. The van der Waals surface area contributed by atoms with Crippen molar-refractivity contribution >= 4 is 40.0 Å². The van der Waals surface area contributed by atoms with E-state index in [2.05, 4.69) is 9.40 Å². The Morgan fingerprint density at radius 1 is 1.50 bits per heavy atom. The number of hydrogen-bond acceptors (Lipinski definition) is 3. The fourth-order valence-corrected chi connectivity index (χ4v) is 0.678. The van der Waals surface area contributed by atoms with E-state index < -0.39 is 5.24 Å². The van der Waals surface area contributed by atoms with Gasteiger partial charge >= 0.3 is 5.24 Å². The second-order valence-electron chi connectivity index (χ2n) is 1.36. The molecule has 0 aliphatic heterocycles. The lowest BCUT2D eigenvalue weighted by atomic mass is 10.7. The molecule has 0 amide bonds. The number of oxazole rings is 1. The van der Waals surface area contributed by atoms with Crippen LogP contribution in [0.3, 0.4) is 0 Å². The Hall–Kier alpha value is -0.250. The number of hydrogen-bond donors (Lipinski definition) is 0. The van der Waals surface area contributed by atoms with E-state index >= 15 is 0 Å². The van der Waals surface area contributed by atoms with Gasteiger partial charge in [0.05, 0.1) is 0 Å². The number of carbonyl (C=O) groups excluding carboxylic acids is 1. The highest BCUT2D eigenvalue weighted by atomic mass is 35.5. The maximum absolute atomic E-state index is 10.3. The van der Waals surface area contributed by atoms with Gasteiger partial charge < -0.3 is 4.42 Å². The molecule has 0 aliphatic carbocycles. The summed E-state index contributed by atoms with van der Waals surface area (Å²) in [4.78, 5) is 13.7. The van der Waals surface area contributed by atoms with Crippen molar-refractivity contribution in [2.75, 3.05) is 0 Å². The van der Waals surface area contributed by atoms with Crippen molar-refractivity contribution in [1.29, 1.82) is 0 Å². The van der Waals surface area contributed by atoms with Crippen LogP contribution in [0.2, 0.25) is 10.4 Å². The molecule has 0 bridgehead atoms. The molecule has 1 aromatic rings. The maximum Gasteiger partial charge on any atom is 0.307 e. The van der Waals surface area contributed by atoms with Crippen molar-refractivity contribution in [3.05, 3.63) is 16.3 Å². The highest BCUT2D eigenvalue weighted by molar-refractivity contribution is 6.67. The van der Waals surface area contributed by atoms with Gasteiger partial charge in [-0.05, 0) is 23.2 Å². The molecule has 0 aromatic carbocycles. The molecule has 6 heteroatoms. The molecule has 1 rings (SSSR count). The molecule has 0 unspecified atom stereocenters. The third-order valence-electron chi connectivity index (χ3n) is 0.716. The fourth-order valence-electron chi connectivity index (χ4n) is 0.367. The van der Waals surface area contributed by atoms with E-state index in [4.69, 9.17) is 34.8 Å². The third-order valence-corrected chi connectivity index (χ3v) is 1.49. The lowest BCUT2D eigenvalue weighted by Gasteiger charge is -1.76. The zero-order valence-electron chi connectivity index (χ0n) is 4.40. The smallest absolute Gasteiger partial charge is 0.307 e. The van der Waals surface area contributed by atoms with Crippen molar-refractivity contribution in [2.24, 2.45) is 0 Å². The Kier molecular flexibility index (Phi) is 2.18. The first-order chi connectivity index (χ1) is 4.61. The van der Waals surface area contributed by atoms with Gasteiger partial charge in [-0.1, -0.05) is 11.6 Å². The Bertz CT molecular complexity index is 250. The minimum atomic E-state index is -0.825. The summed E-state index contributed by atoms with van der Waals surface area (Å²) in [6.45, 7) is 0. The largest absolute Gasteiger partial charge is 0.419 e. The van der Waals surface area contributed by atoms with Crippen LogP contribution in [0.15, 0.2) is 4.42 Å². The van der Waals surface area contributed by atoms with E-state index in [1.54, 1.807) is 0 Å². The van der Waals surface area contributed by atoms with Crippen LogP contribution >= 0.6 is 34.8 Å². The molecule has 0 atom stereocenters. The van der Waals surface area contributed by atoms with Crippen LogP contribution in [0.1, 0.15) is 10.7 Å². The average molecular weight is 200 g/mol. The van der Waals surface area contributed by atoms with Crippen molar-refractivity contribution in [3.8, 4) is 0 Å². The molecule has 1 heterocycles. The van der Waals surface area contributed by atoms with Gasteiger partial charge in [0.15, 0.2) is 5.15 Å². The predicted molar refractivity (Wildman–Crippen MR) is 36.7 cm³/mol. The summed E-state index contributed by atoms with van der Waals surface area (Å²) in [6, 6.07) is 0. The first-order valence-electron chi connectivity index (χ1n) is 2.13. The molecule has 1 aromatic heterocycles. The topological polar surface area (TPSA) is 43.1 Å². The molecular weight excluding hydrogens is 200 g/mol. The molecule has 0 spiro atoms. The number of nitrogens with zero attached hydrogens (tertiary/aromatic N) is 1. The van der Waals surface area contributed by atoms with Gasteiger partial charge in [-0.25, -0.2) is 0 Å². The Morgan fingerprint density at radius 3 is 2.30 bits per heavy atom. The molecule has 0 saturated heterocycles. The van der Waals surface area contributed by atoms with Crippen LogP contribution < -0.4 is 0 Å². The Labute approximate surface area is 70.9 Å². The lowest BCUT2D eigenvalue weighted by Crippen LogP contribution is -1.86. The normalized spacial score (nSPS) is 9.90. The number of rotatable bonds is 1. The van der Waals surface area contributed by atoms with Crippen molar-refractivity contribution in [3.63, 3.8) is 0 Å². The first kappa shape index (κ1) is 7.85. The van der Waals surface area contributed by atoms with Gasteiger partial charge in [0.25, 0.3) is 5.89 Å². The summed E-state index contributed by atoms with van der Waals surface area (Å²) in [7, 11) is 0. The van der Waals surface area contributed by atoms with Crippen molar-refractivity contribution in [2.45, 2.75) is 0 Å². The quantitative estimate of drug-likeness (QED) is 0.654. The SMILES string of the molecule is O=C(Cl)c1nc(Cl)c(Cl)o1.